The molecule has 0 aromatic heterocycles. The Morgan fingerprint density at radius 2 is 2.06 bits per heavy atom. The van der Waals surface area contributed by atoms with E-state index in [0.717, 1.165) is 19.3 Å². The van der Waals surface area contributed by atoms with Gasteiger partial charge in [-0.2, -0.15) is 0 Å². The van der Waals surface area contributed by atoms with Crippen LogP contribution in [0.5, 0.6) is 0 Å². The van der Waals surface area contributed by atoms with E-state index < -0.39 is 5.54 Å². The highest BCUT2D eigenvalue weighted by Gasteiger charge is 2.39. The zero-order chi connectivity index (χ0) is 12.3. The SMILES string of the molecule is CC1CCCC(OC(=O)C2(N)CCOCC2)C1. The molecule has 0 radical (unpaired) electrons. The summed E-state index contributed by atoms with van der Waals surface area (Å²) in [5.41, 5.74) is 5.29. The van der Waals surface area contributed by atoms with Crippen LogP contribution >= 0.6 is 0 Å². The standard InChI is InChI=1S/C13H23NO3/c1-10-3-2-4-11(9-10)17-12(15)13(14)5-7-16-8-6-13/h10-11H,2-9,14H2,1H3. The number of rotatable bonds is 2. The van der Waals surface area contributed by atoms with Crippen LogP contribution in [0.4, 0.5) is 0 Å². The molecule has 98 valence electrons. The van der Waals surface area contributed by atoms with Gasteiger partial charge in [-0.3, -0.25) is 4.79 Å². The summed E-state index contributed by atoms with van der Waals surface area (Å²) in [7, 11) is 0. The van der Waals surface area contributed by atoms with Gasteiger partial charge in [0.15, 0.2) is 0 Å². The van der Waals surface area contributed by atoms with Crippen LogP contribution in [0.3, 0.4) is 0 Å². The Kier molecular flexibility index (Phi) is 4.05. The molecule has 2 fully saturated rings. The molecule has 1 saturated carbocycles. The number of nitrogens with two attached hydrogens (primary N) is 1. The van der Waals surface area contributed by atoms with Crippen LogP contribution in [0, 0.1) is 5.92 Å². The first-order valence-electron chi connectivity index (χ1n) is 6.68. The third-order valence-corrected chi connectivity index (χ3v) is 3.95. The third kappa shape index (κ3) is 3.19. The summed E-state index contributed by atoms with van der Waals surface area (Å²) in [5.74, 6) is 0.435. The Labute approximate surface area is 103 Å². The van der Waals surface area contributed by atoms with Gasteiger partial charge >= 0.3 is 5.97 Å². The Hall–Kier alpha value is -0.610. The van der Waals surface area contributed by atoms with Gasteiger partial charge in [0.25, 0.3) is 0 Å². The summed E-state index contributed by atoms with van der Waals surface area (Å²) in [6.07, 6.45) is 5.60. The number of ether oxygens (including phenoxy) is 2. The summed E-state index contributed by atoms with van der Waals surface area (Å²) in [6.45, 7) is 3.34. The number of esters is 1. The summed E-state index contributed by atoms with van der Waals surface area (Å²) in [4.78, 5) is 12.1. The minimum atomic E-state index is -0.807. The monoisotopic (exact) mass is 241 g/mol. The van der Waals surface area contributed by atoms with E-state index in [1.807, 2.05) is 0 Å². The lowest BCUT2D eigenvalue weighted by Crippen LogP contribution is -2.53. The maximum Gasteiger partial charge on any atom is 0.326 e. The fraction of sp³-hybridized carbons (Fsp3) is 0.923. The molecule has 4 nitrogen and oxygen atoms in total. The maximum atomic E-state index is 12.1. The summed E-state index contributed by atoms with van der Waals surface area (Å²) < 4.78 is 10.8. The highest BCUT2D eigenvalue weighted by Crippen LogP contribution is 2.28. The number of carbonyl (C=O) groups excluding carboxylic acids is 1. The molecule has 0 bridgehead atoms. The smallest absolute Gasteiger partial charge is 0.326 e. The van der Waals surface area contributed by atoms with E-state index in [4.69, 9.17) is 15.2 Å². The molecule has 0 spiro atoms. The Balaban J connectivity index is 1.87. The average Bonchev–Trinajstić information content (AvgIpc) is 2.30. The Morgan fingerprint density at radius 3 is 2.71 bits per heavy atom. The maximum absolute atomic E-state index is 12.1. The van der Waals surface area contributed by atoms with Crippen LogP contribution in [0.15, 0.2) is 0 Å². The molecule has 2 aliphatic rings. The van der Waals surface area contributed by atoms with Crippen molar-refractivity contribution in [1.82, 2.24) is 0 Å². The van der Waals surface area contributed by atoms with Crippen molar-refractivity contribution >= 4 is 5.97 Å². The lowest BCUT2D eigenvalue weighted by atomic mass is 9.88. The van der Waals surface area contributed by atoms with Crippen molar-refractivity contribution in [2.24, 2.45) is 11.7 Å². The van der Waals surface area contributed by atoms with Gasteiger partial charge in [0.1, 0.15) is 11.6 Å². The van der Waals surface area contributed by atoms with E-state index in [9.17, 15) is 4.79 Å². The van der Waals surface area contributed by atoms with Crippen LogP contribution in [0.25, 0.3) is 0 Å². The quantitative estimate of drug-likeness (QED) is 0.746. The lowest BCUT2D eigenvalue weighted by molar-refractivity contribution is -0.161. The molecule has 1 aliphatic carbocycles. The largest absolute Gasteiger partial charge is 0.461 e. The van der Waals surface area contributed by atoms with E-state index in [1.165, 1.54) is 6.42 Å². The molecular formula is C13H23NO3. The van der Waals surface area contributed by atoms with Gasteiger partial charge in [0.05, 0.1) is 0 Å². The fourth-order valence-corrected chi connectivity index (χ4v) is 2.69. The molecule has 1 saturated heterocycles. The van der Waals surface area contributed by atoms with Gasteiger partial charge in [-0.1, -0.05) is 13.3 Å². The molecule has 1 aliphatic heterocycles. The minimum absolute atomic E-state index is 0.0783. The van der Waals surface area contributed by atoms with E-state index in [0.29, 0.717) is 32.0 Å². The number of hydrogen-bond donors (Lipinski definition) is 1. The Morgan fingerprint density at radius 1 is 1.35 bits per heavy atom. The van der Waals surface area contributed by atoms with Gasteiger partial charge in [-0.05, 0) is 38.0 Å². The molecular weight excluding hydrogens is 218 g/mol. The van der Waals surface area contributed by atoms with Gasteiger partial charge < -0.3 is 15.2 Å². The van der Waals surface area contributed by atoms with Crippen molar-refractivity contribution in [1.29, 1.82) is 0 Å². The van der Waals surface area contributed by atoms with Crippen molar-refractivity contribution in [2.75, 3.05) is 13.2 Å². The van der Waals surface area contributed by atoms with Gasteiger partial charge in [-0.25, -0.2) is 0 Å². The van der Waals surface area contributed by atoms with E-state index in [1.54, 1.807) is 0 Å². The normalized spacial score (nSPS) is 33.1. The summed E-state index contributed by atoms with van der Waals surface area (Å²) >= 11 is 0. The van der Waals surface area contributed by atoms with Crippen LogP contribution in [0.2, 0.25) is 0 Å². The molecule has 2 atom stereocenters. The predicted molar refractivity (Wildman–Crippen MR) is 64.5 cm³/mol. The van der Waals surface area contributed by atoms with E-state index in [-0.39, 0.29) is 12.1 Å². The average molecular weight is 241 g/mol. The molecule has 0 aromatic carbocycles. The Bertz CT molecular complexity index is 274. The first-order chi connectivity index (χ1) is 8.10. The number of carbonyl (C=O) groups is 1. The first-order valence-corrected chi connectivity index (χ1v) is 6.68. The number of hydrogen-bond acceptors (Lipinski definition) is 4. The zero-order valence-electron chi connectivity index (χ0n) is 10.6. The fourth-order valence-electron chi connectivity index (χ4n) is 2.69. The predicted octanol–water partition coefficient (Wildman–Crippen LogP) is 1.62. The summed E-state index contributed by atoms with van der Waals surface area (Å²) in [6, 6.07) is 0. The van der Waals surface area contributed by atoms with E-state index in [2.05, 4.69) is 6.92 Å². The second-order valence-electron chi connectivity index (χ2n) is 5.57. The van der Waals surface area contributed by atoms with Crippen molar-refractivity contribution in [3.05, 3.63) is 0 Å². The van der Waals surface area contributed by atoms with Crippen molar-refractivity contribution in [2.45, 2.75) is 57.1 Å². The summed E-state index contributed by atoms with van der Waals surface area (Å²) in [5, 5.41) is 0. The van der Waals surface area contributed by atoms with Crippen LogP contribution in [-0.2, 0) is 14.3 Å². The highest BCUT2D eigenvalue weighted by molar-refractivity contribution is 5.80. The van der Waals surface area contributed by atoms with Gasteiger partial charge in [0.2, 0.25) is 0 Å². The molecule has 1 heterocycles. The third-order valence-electron chi connectivity index (χ3n) is 3.95. The molecule has 2 rings (SSSR count). The lowest BCUT2D eigenvalue weighted by Gasteiger charge is -2.34. The van der Waals surface area contributed by atoms with E-state index >= 15 is 0 Å². The molecule has 17 heavy (non-hydrogen) atoms. The first kappa shape index (κ1) is 12.8. The topological polar surface area (TPSA) is 61.5 Å². The molecule has 2 unspecified atom stereocenters. The van der Waals surface area contributed by atoms with Crippen molar-refractivity contribution < 1.29 is 14.3 Å². The van der Waals surface area contributed by atoms with Crippen LogP contribution < -0.4 is 5.73 Å². The van der Waals surface area contributed by atoms with Crippen LogP contribution in [-0.4, -0.2) is 30.8 Å². The molecule has 0 aromatic rings. The molecule has 0 amide bonds. The van der Waals surface area contributed by atoms with Crippen molar-refractivity contribution in [3.8, 4) is 0 Å². The second kappa shape index (κ2) is 5.36. The van der Waals surface area contributed by atoms with Gasteiger partial charge in [0, 0.05) is 13.2 Å². The minimum Gasteiger partial charge on any atom is -0.461 e. The zero-order valence-corrected chi connectivity index (χ0v) is 10.6. The van der Waals surface area contributed by atoms with Crippen molar-refractivity contribution in [3.63, 3.8) is 0 Å². The van der Waals surface area contributed by atoms with Gasteiger partial charge in [-0.15, -0.1) is 0 Å². The molecule has 2 N–H and O–H groups in total. The highest BCUT2D eigenvalue weighted by atomic mass is 16.5. The molecule has 4 heteroatoms. The second-order valence-corrected chi connectivity index (χ2v) is 5.57. The van der Waals surface area contributed by atoms with Crippen LogP contribution in [0.1, 0.15) is 45.4 Å².